The molecule has 18 heavy (non-hydrogen) atoms. The van der Waals surface area contributed by atoms with Crippen molar-refractivity contribution in [1.82, 2.24) is 4.98 Å². The van der Waals surface area contributed by atoms with Crippen molar-refractivity contribution in [3.8, 4) is 0 Å². The number of rotatable bonds is 2. The van der Waals surface area contributed by atoms with Gasteiger partial charge in [-0.1, -0.05) is 18.2 Å². The molecule has 1 aliphatic rings. The van der Waals surface area contributed by atoms with Crippen LogP contribution in [0.4, 0.5) is 0 Å². The molecular weight excluding hydrogens is 228 g/mol. The molecule has 0 saturated carbocycles. The minimum atomic E-state index is -0.885. The Morgan fingerprint density at radius 2 is 2.28 bits per heavy atom. The number of nitrogens with zero attached hydrogens (tertiary/aromatic N) is 1. The van der Waals surface area contributed by atoms with Gasteiger partial charge in [0.25, 0.3) is 0 Å². The van der Waals surface area contributed by atoms with E-state index in [4.69, 9.17) is 10.5 Å². The number of pyridine rings is 1. The first-order valence-electron chi connectivity index (χ1n) is 5.95. The molecule has 4 heteroatoms. The number of aromatic nitrogens is 1. The predicted molar refractivity (Wildman–Crippen MR) is 68.4 cm³/mol. The lowest BCUT2D eigenvalue weighted by Gasteiger charge is -2.20. The van der Waals surface area contributed by atoms with Gasteiger partial charge in [0.2, 0.25) is 0 Å². The highest BCUT2D eigenvalue weighted by Crippen LogP contribution is 2.25. The minimum absolute atomic E-state index is 0.0569. The van der Waals surface area contributed by atoms with E-state index in [1.54, 1.807) is 18.5 Å². The highest BCUT2D eigenvalue weighted by molar-refractivity contribution is 6.12. The van der Waals surface area contributed by atoms with Crippen LogP contribution in [0.15, 0.2) is 36.7 Å². The molecule has 1 unspecified atom stereocenters. The SMILES string of the molecule is NC1(C(=O)c2cccc3ccncc23)CCOC1. The molecular formula is C14H14N2O2. The maximum Gasteiger partial charge on any atom is 0.185 e. The lowest BCUT2D eigenvalue weighted by Crippen LogP contribution is -2.48. The van der Waals surface area contributed by atoms with Crippen LogP contribution in [0.25, 0.3) is 10.8 Å². The van der Waals surface area contributed by atoms with Crippen LogP contribution in [0, 0.1) is 0 Å². The molecule has 1 aromatic carbocycles. The Hall–Kier alpha value is -1.78. The molecule has 0 aliphatic carbocycles. The first kappa shape index (κ1) is 11.3. The van der Waals surface area contributed by atoms with Crippen LogP contribution in [0.5, 0.6) is 0 Å². The molecule has 2 heterocycles. The highest BCUT2D eigenvalue weighted by atomic mass is 16.5. The molecule has 1 aliphatic heterocycles. The van der Waals surface area contributed by atoms with Gasteiger partial charge in [-0.3, -0.25) is 9.78 Å². The summed E-state index contributed by atoms with van der Waals surface area (Å²) in [5.74, 6) is -0.0569. The summed E-state index contributed by atoms with van der Waals surface area (Å²) in [5.41, 5.74) is 5.88. The number of carbonyl (C=O) groups excluding carboxylic acids is 1. The number of hydrogen-bond donors (Lipinski definition) is 1. The van der Waals surface area contributed by atoms with Gasteiger partial charge in [0.15, 0.2) is 5.78 Å². The van der Waals surface area contributed by atoms with E-state index in [0.29, 0.717) is 25.2 Å². The van der Waals surface area contributed by atoms with Gasteiger partial charge < -0.3 is 10.5 Å². The Kier molecular flexibility index (Phi) is 2.61. The smallest absolute Gasteiger partial charge is 0.185 e. The van der Waals surface area contributed by atoms with Crippen molar-refractivity contribution in [2.24, 2.45) is 5.73 Å². The van der Waals surface area contributed by atoms with Crippen molar-refractivity contribution < 1.29 is 9.53 Å². The summed E-state index contributed by atoms with van der Waals surface area (Å²) in [7, 11) is 0. The van der Waals surface area contributed by atoms with Crippen LogP contribution in [-0.4, -0.2) is 29.5 Å². The Morgan fingerprint density at radius 3 is 3.06 bits per heavy atom. The molecule has 0 radical (unpaired) electrons. The van der Waals surface area contributed by atoms with E-state index in [1.165, 1.54) is 0 Å². The average molecular weight is 242 g/mol. The van der Waals surface area contributed by atoms with Crippen LogP contribution in [0.1, 0.15) is 16.8 Å². The van der Waals surface area contributed by atoms with E-state index >= 15 is 0 Å². The standard InChI is InChI=1S/C14H14N2O2/c15-14(5-7-18-9-14)13(17)11-3-1-2-10-4-6-16-8-12(10)11/h1-4,6,8H,5,7,9,15H2. The van der Waals surface area contributed by atoms with Crippen molar-refractivity contribution >= 4 is 16.6 Å². The van der Waals surface area contributed by atoms with E-state index < -0.39 is 5.54 Å². The number of benzene rings is 1. The number of nitrogens with two attached hydrogens (primary N) is 1. The fourth-order valence-corrected chi connectivity index (χ4v) is 2.34. The maximum atomic E-state index is 12.5. The minimum Gasteiger partial charge on any atom is -0.379 e. The molecule has 3 rings (SSSR count). The van der Waals surface area contributed by atoms with Gasteiger partial charge in [-0.05, 0) is 17.9 Å². The number of ketones is 1. The second-order valence-corrected chi connectivity index (χ2v) is 4.69. The zero-order valence-electron chi connectivity index (χ0n) is 9.93. The number of hydrogen-bond acceptors (Lipinski definition) is 4. The van der Waals surface area contributed by atoms with E-state index in [2.05, 4.69) is 4.98 Å². The third-order valence-corrected chi connectivity index (χ3v) is 3.43. The topological polar surface area (TPSA) is 65.2 Å². The van der Waals surface area contributed by atoms with Crippen molar-refractivity contribution in [1.29, 1.82) is 0 Å². The Morgan fingerprint density at radius 1 is 1.39 bits per heavy atom. The zero-order chi connectivity index (χ0) is 12.6. The number of carbonyl (C=O) groups is 1. The molecule has 0 spiro atoms. The van der Waals surface area contributed by atoms with Gasteiger partial charge in [-0.15, -0.1) is 0 Å². The molecule has 1 aromatic heterocycles. The largest absolute Gasteiger partial charge is 0.379 e. The second kappa shape index (κ2) is 4.15. The third-order valence-electron chi connectivity index (χ3n) is 3.43. The maximum absolute atomic E-state index is 12.5. The van der Waals surface area contributed by atoms with Crippen molar-refractivity contribution in [3.63, 3.8) is 0 Å². The normalized spacial score (nSPS) is 23.4. The fourth-order valence-electron chi connectivity index (χ4n) is 2.34. The predicted octanol–water partition coefficient (Wildman–Crippen LogP) is 1.54. The first-order chi connectivity index (χ1) is 8.71. The monoisotopic (exact) mass is 242 g/mol. The lowest BCUT2D eigenvalue weighted by molar-refractivity contribution is 0.0865. The fraction of sp³-hybridized carbons (Fsp3) is 0.286. The molecule has 0 bridgehead atoms. The van der Waals surface area contributed by atoms with Gasteiger partial charge in [0.05, 0.1) is 6.61 Å². The molecule has 0 amide bonds. The Balaban J connectivity index is 2.12. The van der Waals surface area contributed by atoms with Gasteiger partial charge in [0, 0.05) is 30.0 Å². The molecule has 2 N–H and O–H groups in total. The number of ether oxygens (including phenoxy) is 1. The Bertz CT molecular complexity index is 598. The molecule has 1 atom stereocenters. The summed E-state index contributed by atoms with van der Waals surface area (Å²) in [6.45, 7) is 0.841. The van der Waals surface area contributed by atoms with Gasteiger partial charge in [0.1, 0.15) is 5.54 Å². The summed E-state index contributed by atoms with van der Waals surface area (Å²) in [6, 6.07) is 7.52. The summed E-state index contributed by atoms with van der Waals surface area (Å²) in [5, 5.41) is 1.85. The molecule has 1 saturated heterocycles. The van der Waals surface area contributed by atoms with Gasteiger partial charge >= 0.3 is 0 Å². The van der Waals surface area contributed by atoms with Crippen LogP contribution in [-0.2, 0) is 4.74 Å². The second-order valence-electron chi connectivity index (χ2n) is 4.69. The van der Waals surface area contributed by atoms with Gasteiger partial charge in [-0.2, -0.15) is 0 Å². The quantitative estimate of drug-likeness (QED) is 0.811. The van der Waals surface area contributed by atoms with E-state index in [0.717, 1.165) is 10.8 Å². The first-order valence-corrected chi connectivity index (χ1v) is 5.95. The average Bonchev–Trinajstić information content (AvgIpc) is 2.85. The summed E-state index contributed by atoms with van der Waals surface area (Å²) in [6.07, 6.45) is 4.00. The van der Waals surface area contributed by atoms with E-state index in [-0.39, 0.29) is 5.78 Å². The zero-order valence-corrected chi connectivity index (χ0v) is 9.93. The summed E-state index contributed by atoms with van der Waals surface area (Å²) in [4.78, 5) is 16.6. The van der Waals surface area contributed by atoms with Crippen LogP contribution in [0.2, 0.25) is 0 Å². The van der Waals surface area contributed by atoms with E-state index in [1.807, 2.05) is 18.2 Å². The van der Waals surface area contributed by atoms with Crippen molar-refractivity contribution in [2.45, 2.75) is 12.0 Å². The van der Waals surface area contributed by atoms with Crippen LogP contribution < -0.4 is 5.73 Å². The molecule has 4 nitrogen and oxygen atoms in total. The van der Waals surface area contributed by atoms with E-state index in [9.17, 15) is 4.79 Å². The number of fused-ring (bicyclic) bond motifs is 1. The molecule has 2 aromatic rings. The van der Waals surface area contributed by atoms with Crippen LogP contribution >= 0.6 is 0 Å². The summed E-state index contributed by atoms with van der Waals surface area (Å²) < 4.78 is 5.25. The lowest BCUT2D eigenvalue weighted by atomic mass is 9.88. The Labute approximate surface area is 105 Å². The number of Topliss-reactive ketones (excluding diaryl/α,β-unsaturated/α-hetero) is 1. The van der Waals surface area contributed by atoms with Crippen molar-refractivity contribution in [3.05, 3.63) is 42.2 Å². The molecule has 92 valence electrons. The van der Waals surface area contributed by atoms with Crippen molar-refractivity contribution in [2.75, 3.05) is 13.2 Å². The molecule has 1 fully saturated rings. The van der Waals surface area contributed by atoms with Gasteiger partial charge in [-0.25, -0.2) is 0 Å². The highest BCUT2D eigenvalue weighted by Gasteiger charge is 2.39. The van der Waals surface area contributed by atoms with Crippen LogP contribution in [0.3, 0.4) is 0 Å². The summed E-state index contributed by atoms with van der Waals surface area (Å²) >= 11 is 0. The third kappa shape index (κ3) is 1.70.